The molecule has 2 rings (SSSR count). The molecule has 5 nitrogen and oxygen atoms in total. The van der Waals surface area contributed by atoms with Crippen molar-refractivity contribution in [3.8, 4) is 0 Å². The predicted molar refractivity (Wildman–Crippen MR) is 68.1 cm³/mol. The molecule has 1 aromatic carbocycles. The highest BCUT2D eigenvalue weighted by molar-refractivity contribution is 8.01. The number of para-hydroxylation sites is 1. The van der Waals surface area contributed by atoms with E-state index >= 15 is 0 Å². The molecule has 0 atom stereocenters. The molecule has 4 N–H and O–H groups in total. The number of nitrogen functional groups attached to an aromatic ring is 1. The predicted octanol–water partition coefficient (Wildman–Crippen LogP) is 1.68. The Labute approximate surface area is 106 Å². The highest BCUT2D eigenvalue weighted by Gasteiger charge is 2.12. The van der Waals surface area contributed by atoms with Crippen LogP contribution in [0.2, 0.25) is 0 Å². The third-order valence-corrected chi connectivity index (χ3v) is 4.00. The number of rotatable bonds is 3. The molecule has 0 spiro atoms. The molecule has 0 saturated carbocycles. The van der Waals surface area contributed by atoms with E-state index in [9.17, 15) is 4.79 Å². The Morgan fingerprint density at radius 2 is 2.18 bits per heavy atom. The summed E-state index contributed by atoms with van der Waals surface area (Å²) in [6.45, 7) is 1.88. The molecule has 1 aromatic heterocycles. The van der Waals surface area contributed by atoms with E-state index in [1.807, 2.05) is 13.0 Å². The van der Waals surface area contributed by atoms with Crippen molar-refractivity contribution < 1.29 is 4.79 Å². The molecule has 1 heterocycles. The zero-order valence-corrected chi connectivity index (χ0v) is 10.6. The second-order valence-corrected chi connectivity index (χ2v) is 5.74. The monoisotopic (exact) mass is 266 g/mol. The van der Waals surface area contributed by atoms with Crippen LogP contribution in [0.25, 0.3) is 0 Å². The van der Waals surface area contributed by atoms with Crippen LogP contribution in [0.15, 0.2) is 27.4 Å². The lowest BCUT2D eigenvalue weighted by Crippen LogP contribution is -2.13. The Hall–Kier alpha value is -1.60. The number of benzene rings is 1. The Bertz CT molecular complexity index is 567. The summed E-state index contributed by atoms with van der Waals surface area (Å²) < 4.78 is 0.788. The summed E-state index contributed by atoms with van der Waals surface area (Å²) in [5.74, 6) is -0.529. The van der Waals surface area contributed by atoms with E-state index in [1.165, 1.54) is 23.1 Å². The Balaban J connectivity index is 2.33. The maximum Gasteiger partial charge on any atom is 0.250 e. The number of anilines is 1. The number of amides is 1. The first-order valence-electron chi connectivity index (χ1n) is 4.74. The van der Waals surface area contributed by atoms with E-state index in [0.717, 1.165) is 14.2 Å². The highest BCUT2D eigenvalue weighted by Crippen LogP contribution is 2.34. The molecule has 7 heteroatoms. The minimum Gasteiger partial charge on any atom is -0.397 e. The molecule has 0 aliphatic rings. The maximum absolute atomic E-state index is 11.1. The van der Waals surface area contributed by atoms with Gasteiger partial charge in [-0.2, -0.15) is 0 Å². The van der Waals surface area contributed by atoms with Gasteiger partial charge in [-0.1, -0.05) is 29.2 Å². The topological polar surface area (TPSA) is 94.9 Å². The van der Waals surface area contributed by atoms with E-state index in [4.69, 9.17) is 11.5 Å². The van der Waals surface area contributed by atoms with Gasteiger partial charge in [0.15, 0.2) is 4.34 Å². The minimum atomic E-state index is -0.529. The number of carbonyl (C=O) groups excluding carboxylic acids is 1. The normalized spacial score (nSPS) is 10.4. The molecule has 88 valence electrons. The number of nitrogens with two attached hydrogens (primary N) is 2. The summed E-state index contributed by atoms with van der Waals surface area (Å²) in [5, 5.41) is 8.79. The fourth-order valence-electron chi connectivity index (χ4n) is 1.26. The number of hydrogen-bond donors (Lipinski definition) is 2. The molecule has 0 radical (unpaired) electrons. The first-order valence-corrected chi connectivity index (χ1v) is 6.37. The standard InChI is InChI=1S/C10H10N4OS2/c1-5-13-14-10(16-5)17-7-4-2-3-6(8(7)11)9(12)15/h2-4H,11H2,1H3,(H2,12,15). The number of hydrogen-bond acceptors (Lipinski definition) is 6. The van der Waals surface area contributed by atoms with Crippen molar-refractivity contribution in [1.82, 2.24) is 10.2 Å². The van der Waals surface area contributed by atoms with Gasteiger partial charge in [0.2, 0.25) is 0 Å². The van der Waals surface area contributed by atoms with Crippen molar-refractivity contribution in [2.45, 2.75) is 16.2 Å². The molecule has 17 heavy (non-hydrogen) atoms. The summed E-state index contributed by atoms with van der Waals surface area (Å²) in [4.78, 5) is 11.9. The third-order valence-electron chi connectivity index (χ3n) is 2.04. The Morgan fingerprint density at radius 3 is 2.76 bits per heavy atom. The van der Waals surface area contributed by atoms with Crippen LogP contribution < -0.4 is 11.5 Å². The van der Waals surface area contributed by atoms with Gasteiger partial charge in [0, 0.05) is 4.90 Å². The van der Waals surface area contributed by atoms with Gasteiger partial charge in [-0.15, -0.1) is 10.2 Å². The fraction of sp³-hybridized carbons (Fsp3) is 0.100. The number of aryl methyl sites for hydroxylation is 1. The molecular weight excluding hydrogens is 256 g/mol. The van der Waals surface area contributed by atoms with Gasteiger partial charge in [-0.3, -0.25) is 4.79 Å². The van der Waals surface area contributed by atoms with E-state index in [0.29, 0.717) is 11.3 Å². The lowest BCUT2D eigenvalue weighted by molar-refractivity contribution is 0.100. The molecule has 0 aliphatic carbocycles. The van der Waals surface area contributed by atoms with E-state index in [1.54, 1.807) is 12.1 Å². The van der Waals surface area contributed by atoms with Gasteiger partial charge in [0.25, 0.3) is 5.91 Å². The summed E-state index contributed by atoms with van der Waals surface area (Å²) in [7, 11) is 0. The fourth-order valence-corrected chi connectivity index (χ4v) is 3.11. The van der Waals surface area contributed by atoms with Crippen molar-refractivity contribution in [2.24, 2.45) is 5.73 Å². The second kappa shape index (κ2) is 4.72. The summed E-state index contributed by atoms with van der Waals surface area (Å²) in [6.07, 6.45) is 0. The van der Waals surface area contributed by atoms with Gasteiger partial charge >= 0.3 is 0 Å². The third kappa shape index (κ3) is 2.56. The first kappa shape index (κ1) is 11.9. The molecule has 0 aliphatic heterocycles. The van der Waals surface area contributed by atoms with Gasteiger partial charge < -0.3 is 11.5 Å². The second-order valence-electron chi connectivity index (χ2n) is 3.27. The average molecular weight is 266 g/mol. The van der Waals surface area contributed by atoms with Gasteiger partial charge in [0.1, 0.15) is 5.01 Å². The molecule has 1 amide bonds. The summed E-state index contributed by atoms with van der Waals surface area (Å²) >= 11 is 2.85. The largest absolute Gasteiger partial charge is 0.397 e. The average Bonchev–Trinajstić information content (AvgIpc) is 2.67. The van der Waals surface area contributed by atoms with Crippen molar-refractivity contribution in [3.05, 3.63) is 28.8 Å². The molecule has 0 bridgehead atoms. The lowest BCUT2D eigenvalue weighted by Gasteiger charge is -2.06. The Morgan fingerprint density at radius 1 is 1.41 bits per heavy atom. The zero-order chi connectivity index (χ0) is 12.4. The Kier molecular flexibility index (Phi) is 3.30. The van der Waals surface area contributed by atoms with Crippen LogP contribution in [0.3, 0.4) is 0 Å². The lowest BCUT2D eigenvalue weighted by atomic mass is 10.2. The van der Waals surface area contributed by atoms with Crippen LogP contribution in [0.1, 0.15) is 15.4 Å². The molecule has 0 unspecified atom stereocenters. The summed E-state index contributed by atoms with van der Waals surface area (Å²) in [6, 6.07) is 5.17. The number of aromatic nitrogens is 2. The maximum atomic E-state index is 11.1. The van der Waals surface area contributed by atoms with Crippen molar-refractivity contribution >= 4 is 34.7 Å². The van der Waals surface area contributed by atoms with E-state index in [2.05, 4.69) is 10.2 Å². The van der Waals surface area contributed by atoms with Crippen LogP contribution >= 0.6 is 23.1 Å². The smallest absolute Gasteiger partial charge is 0.250 e. The quantitative estimate of drug-likeness (QED) is 0.824. The van der Waals surface area contributed by atoms with Gasteiger partial charge in [-0.05, 0) is 19.1 Å². The zero-order valence-electron chi connectivity index (χ0n) is 9.01. The molecular formula is C10H10N4OS2. The first-order chi connectivity index (χ1) is 8.08. The van der Waals surface area contributed by atoms with Crippen molar-refractivity contribution in [3.63, 3.8) is 0 Å². The van der Waals surface area contributed by atoms with Crippen LogP contribution in [0.4, 0.5) is 5.69 Å². The SMILES string of the molecule is Cc1nnc(Sc2cccc(C(N)=O)c2N)s1. The summed E-state index contributed by atoms with van der Waals surface area (Å²) in [5.41, 5.74) is 11.8. The number of carbonyl (C=O) groups is 1. The van der Waals surface area contributed by atoms with Crippen molar-refractivity contribution in [1.29, 1.82) is 0 Å². The van der Waals surface area contributed by atoms with Crippen LogP contribution in [0.5, 0.6) is 0 Å². The minimum absolute atomic E-state index is 0.330. The van der Waals surface area contributed by atoms with E-state index < -0.39 is 5.91 Å². The molecule has 2 aromatic rings. The number of nitrogens with zero attached hydrogens (tertiary/aromatic N) is 2. The van der Waals surface area contributed by atoms with Crippen LogP contribution in [-0.2, 0) is 0 Å². The molecule has 0 saturated heterocycles. The molecule has 0 fully saturated rings. The van der Waals surface area contributed by atoms with Crippen LogP contribution in [0, 0.1) is 6.92 Å². The van der Waals surface area contributed by atoms with E-state index in [-0.39, 0.29) is 0 Å². The van der Waals surface area contributed by atoms with Gasteiger partial charge in [0.05, 0.1) is 11.3 Å². The van der Waals surface area contributed by atoms with Crippen molar-refractivity contribution in [2.75, 3.05) is 5.73 Å². The highest BCUT2D eigenvalue weighted by atomic mass is 32.2. The van der Waals surface area contributed by atoms with Gasteiger partial charge in [-0.25, -0.2) is 0 Å². The van der Waals surface area contributed by atoms with Crippen LogP contribution in [-0.4, -0.2) is 16.1 Å². The number of primary amides is 1.